The lowest BCUT2D eigenvalue weighted by Gasteiger charge is -2.20. The number of amides is 1. The van der Waals surface area contributed by atoms with Crippen LogP contribution in [0, 0.1) is 6.92 Å². The largest absolute Gasteiger partial charge is 0.343 e. The Morgan fingerprint density at radius 1 is 1.26 bits per heavy atom. The summed E-state index contributed by atoms with van der Waals surface area (Å²) in [5.41, 5.74) is 1.68. The van der Waals surface area contributed by atoms with E-state index in [2.05, 4.69) is 39.7 Å². The number of hydrogen-bond donors (Lipinski definition) is 1. The van der Waals surface area contributed by atoms with E-state index in [1.165, 1.54) is 11.6 Å². The third-order valence-corrected chi connectivity index (χ3v) is 4.76. The van der Waals surface area contributed by atoms with Gasteiger partial charge in [-0.15, -0.1) is 0 Å². The summed E-state index contributed by atoms with van der Waals surface area (Å²) in [5, 5.41) is 1.18. The van der Waals surface area contributed by atoms with Crippen molar-refractivity contribution in [3.05, 3.63) is 64.0 Å². The minimum Gasteiger partial charge on any atom is -0.343 e. The van der Waals surface area contributed by atoms with Crippen LogP contribution in [0.4, 0.5) is 0 Å². The maximum atomic E-state index is 12.7. The number of aromatic amines is 1. The molecule has 0 aliphatic rings. The fraction of sp³-hybridized carbons (Fsp3) is 0.381. The van der Waals surface area contributed by atoms with Gasteiger partial charge in [0.15, 0.2) is 0 Å². The molecule has 2 heterocycles. The monoisotopic (exact) mass is 366 g/mol. The van der Waals surface area contributed by atoms with Gasteiger partial charge < -0.3 is 14.5 Å². The van der Waals surface area contributed by atoms with Crippen molar-refractivity contribution in [2.24, 2.45) is 0 Å². The van der Waals surface area contributed by atoms with Crippen molar-refractivity contribution >= 4 is 16.8 Å². The summed E-state index contributed by atoms with van der Waals surface area (Å²) in [7, 11) is 1.71. The summed E-state index contributed by atoms with van der Waals surface area (Å²) in [5.74, 6) is 0.250. The second-order valence-corrected chi connectivity index (χ2v) is 7.95. The predicted molar refractivity (Wildman–Crippen MR) is 107 cm³/mol. The summed E-state index contributed by atoms with van der Waals surface area (Å²) in [4.78, 5) is 33.6. The first kappa shape index (κ1) is 18.9. The zero-order valence-corrected chi connectivity index (χ0v) is 16.5. The summed E-state index contributed by atoms with van der Waals surface area (Å²) in [6.45, 7) is 9.10. The average molecular weight is 366 g/mol. The number of aryl methyl sites for hydroxylation is 1. The second-order valence-electron chi connectivity index (χ2n) is 7.95. The molecular weight excluding hydrogens is 340 g/mol. The van der Waals surface area contributed by atoms with E-state index in [0.717, 1.165) is 11.2 Å². The summed E-state index contributed by atoms with van der Waals surface area (Å²) >= 11 is 0. The molecule has 142 valence electrons. The smallest absolute Gasteiger partial charge is 0.263 e. The Bertz CT molecular complexity index is 1040. The molecule has 6 nitrogen and oxygen atoms in total. The summed E-state index contributed by atoms with van der Waals surface area (Å²) in [6.07, 6.45) is 1.38. The molecule has 1 N–H and O–H groups in total. The van der Waals surface area contributed by atoms with E-state index < -0.39 is 5.56 Å². The number of carbonyl (C=O) groups is 1. The molecule has 3 rings (SSSR count). The predicted octanol–water partition coefficient (Wildman–Crippen LogP) is 3.10. The Morgan fingerprint density at radius 3 is 2.63 bits per heavy atom. The number of likely N-dealkylation sites (N-methyl/N-ethyl adjacent to an activating group) is 1. The zero-order chi connectivity index (χ0) is 19.8. The minimum atomic E-state index is -0.394. The van der Waals surface area contributed by atoms with Crippen molar-refractivity contribution in [1.29, 1.82) is 0 Å². The van der Waals surface area contributed by atoms with E-state index in [0.29, 0.717) is 18.9 Å². The van der Waals surface area contributed by atoms with Gasteiger partial charge in [-0.25, -0.2) is 4.98 Å². The average Bonchev–Trinajstić information content (AvgIpc) is 2.93. The topological polar surface area (TPSA) is 71.0 Å². The third-order valence-electron chi connectivity index (χ3n) is 4.76. The molecule has 1 aromatic carbocycles. The quantitative estimate of drug-likeness (QED) is 0.771. The summed E-state index contributed by atoms with van der Waals surface area (Å²) < 4.78 is 2.18. The lowest BCUT2D eigenvalue weighted by molar-refractivity contribution is 0.0788. The van der Waals surface area contributed by atoms with Gasteiger partial charge in [0.05, 0.1) is 0 Å². The number of fused-ring (bicyclic) bond motifs is 1. The fourth-order valence-electron chi connectivity index (χ4n) is 3.13. The molecule has 0 bridgehead atoms. The van der Waals surface area contributed by atoms with E-state index in [4.69, 9.17) is 0 Å². The highest BCUT2D eigenvalue weighted by molar-refractivity contribution is 5.93. The molecule has 2 aromatic heterocycles. The number of H-pyrrole nitrogens is 1. The highest BCUT2D eigenvalue weighted by Crippen LogP contribution is 2.19. The van der Waals surface area contributed by atoms with Crippen LogP contribution >= 0.6 is 0 Å². The van der Waals surface area contributed by atoms with Crippen molar-refractivity contribution in [1.82, 2.24) is 19.4 Å². The molecule has 0 radical (unpaired) electrons. The Hall–Kier alpha value is -2.89. The molecule has 0 saturated heterocycles. The van der Waals surface area contributed by atoms with Gasteiger partial charge >= 0.3 is 0 Å². The van der Waals surface area contributed by atoms with Crippen LogP contribution in [0.15, 0.2) is 41.3 Å². The van der Waals surface area contributed by atoms with Crippen LogP contribution in [-0.2, 0) is 12.0 Å². The molecule has 0 saturated carbocycles. The van der Waals surface area contributed by atoms with Gasteiger partial charge in [-0.1, -0.05) is 39.0 Å². The van der Waals surface area contributed by atoms with Crippen LogP contribution in [0.25, 0.3) is 10.9 Å². The number of benzene rings is 1. The molecule has 6 heteroatoms. The number of nitrogens with one attached hydrogen (secondary N) is 1. The standard InChI is InChI=1S/C21H26N4O2/c1-14-12-15-8-6-7-9-17(15)25(14)11-10-24(5)19(27)16-13-22-20(21(2,3)4)23-18(16)26/h6-9,12-13H,10-11H2,1-5H3,(H,22,23,26). The molecule has 0 unspecified atom stereocenters. The van der Waals surface area contributed by atoms with E-state index in [1.54, 1.807) is 11.9 Å². The Kier molecular flexibility index (Phi) is 4.91. The maximum absolute atomic E-state index is 12.7. The Morgan fingerprint density at radius 2 is 1.96 bits per heavy atom. The number of carbonyl (C=O) groups excluding carboxylic acids is 1. The number of rotatable bonds is 4. The van der Waals surface area contributed by atoms with Gasteiger partial charge in [-0.2, -0.15) is 0 Å². The minimum absolute atomic E-state index is 0.0691. The van der Waals surface area contributed by atoms with Crippen molar-refractivity contribution in [3.63, 3.8) is 0 Å². The molecule has 27 heavy (non-hydrogen) atoms. The van der Waals surface area contributed by atoms with Gasteiger partial charge in [0.1, 0.15) is 11.4 Å². The lowest BCUT2D eigenvalue weighted by Crippen LogP contribution is -2.35. The molecule has 0 aliphatic heterocycles. The molecule has 3 aromatic rings. The van der Waals surface area contributed by atoms with Crippen LogP contribution in [-0.4, -0.2) is 38.9 Å². The first-order chi connectivity index (χ1) is 12.7. The van der Waals surface area contributed by atoms with Crippen molar-refractivity contribution in [2.75, 3.05) is 13.6 Å². The molecule has 0 spiro atoms. The molecule has 0 fully saturated rings. The Balaban J connectivity index is 1.76. The molecule has 0 aliphatic carbocycles. The van der Waals surface area contributed by atoms with Crippen molar-refractivity contribution in [3.8, 4) is 0 Å². The summed E-state index contributed by atoms with van der Waals surface area (Å²) in [6, 6.07) is 10.3. The normalized spacial score (nSPS) is 11.7. The number of para-hydroxylation sites is 1. The zero-order valence-electron chi connectivity index (χ0n) is 16.5. The van der Waals surface area contributed by atoms with Gasteiger partial charge in [0.2, 0.25) is 0 Å². The highest BCUT2D eigenvalue weighted by Gasteiger charge is 2.21. The molecule has 0 atom stereocenters. The van der Waals surface area contributed by atoms with E-state index >= 15 is 0 Å². The van der Waals surface area contributed by atoms with Crippen molar-refractivity contribution in [2.45, 2.75) is 39.7 Å². The third kappa shape index (κ3) is 3.79. The van der Waals surface area contributed by atoms with Gasteiger partial charge in [-0.3, -0.25) is 9.59 Å². The highest BCUT2D eigenvalue weighted by atomic mass is 16.2. The molecular formula is C21H26N4O2. The first-order valence-electron chi connectivity index (χ1n) is 9.08. The van der Waals surface area contributed by atoms with E-state index in [9.17, 15) is 9.59 Å². The number of nitrogens with zero attached hydrogens (tertiary/aromatic N) is 3. The maximum Gasteiger partial charge on any atom is 0.263 e. The van der Waals surface area contributed by atoms with Crippen LogP contribution in [0.5, 0.6) is 0 Å². The van der Waals surface area contributed by atoms with Crippen LogP contribution in [0.3, 0.4) is 0 Å². The fourth-order valence-corrected chi connectivity index (χ4v) is 3.13. The van der Waals surface area contributed by atoms with Crippen LogP contribution in [0.2, 0.25) is 0 Å². The lowest BCUT2D eigenvalue weighted by atomic mass is 9.96. The van der Waals surface area contributed by atoms with E-state index in [-0.39, 0.29) is 16.9 Å². The number of hydrogen-bond acceptors (Lipinski definition) is 3. The van der Waals surface area contributed by atoms with Gasteiger partial charge in [-0.05, 0) is 24.4 Å². The number of aromatic nitrogens is 3. The van der Waals surface area contributed by atoms with Crippen molar-refractivity contribution < 1.29 is 4.79 Å². The van der Waals surface area contributed by atoms with Gasteiger partial charge in [0, 0.05) is 43.0 Å². The SMILES string of the molecule is Cc1cc2ccccc2n1CCN(C)C(=O)c1cnc(C(C)(C)C)[nH]c1=O. The van der Waals surface area contributed by atoms with Crippen LogP contribution in [0.1, 0.15) is 42.6 Å². The first-order valence-corrected chi connectivity index (χ1v) is 9.08. The second kappa shape index (κ2) is 7.02. The Labute approximate surface area is 158 Å². The van der Waals surface area contributed by atoms with E-state index in [1.807, 2.05) is 32.9 Å². The molecule has 1 amide bonds. The van der Waals surface area contributed by atoms with Gasteiger partial charge in [0.25, 0.3) is 11.5 Å². The van der Waals surface area contributed by atoms with Crippen LogP contribution < -0.4 is 5.56 Å².